The Morgan fingerprint density at radius 1 is 1.06 bits per heavy atom. The molecule has 0 unspecified atom stereocenters. The van der Waals surface area contributed by atoms with Crippen molar-refractivity contribution in [1.82, 2.24) is 10.2 Å². The average Bonchev–Trinajstić information content (AvgIpc) is 3.29. The van der Waals surface area contributed by atoms with E-state index in [1.54, 1.807) is 35.7 Å². The normalized spacial score (nSPS) is 14.9. The summed E-state index contributed by atoms with van der Waals surface area (Å²) >= 11 is 1.71. The lowest BCUT2D eigenvalue weighted by molar-refractivity contribution is -0.140. The smallest absolute Gasteiger partial charge is 0.242 e. The van der Waals surface area contributed by atoms with Gasteiger partial charge in [0, 0.05) is 30.5 Å². The summed E-state index contributed by atoms with van der Waals surface area (Å²) in [7, 11) is 0. The molecule has 4 nitrogen and oxygen atoms in total. The highest BCUT2D eigenvalue weighted by Gasteiger charge is 2.28. The first-order valence-corrected chi connectivity index (χ1v) is 12.1. The van der Waals surface area contributed by atoms with Crippen LogP contribution in [0.2, 0.25) is 0 Å². The molecule has 0 aliphatic heterocycles. The molecule has 0 saturated heterocycles. The Hall–Kier alpha value is -2.34. The number of hydrogen-bond donors (Lipinski definition) is 1. The molecule has 31 heavy (non-hydrogen) atoms. The fourth-order valence-corrected chi connectivity index (χ4v) is 4.72. The van der Waals surface area contributed by atoms with Crippen LogP contribution in [0.4, 0.5) is 4.39 Å². The summed E-state index contributed by atoms with van der Waals surface area (Å²) < 4.78 is 13.3. The third-order valence-corrected chi connectivity index (χ3v) is 6.74. The maximum absolute atomic E-state index is 13.3. The third kappa shape index (κ3) is 7.39. The van der Waals surface area contributed by atoms with Gasteiger partial charge in [-0.25, -0.2) is 4.39 Å². The zero-order chi connectivity index (χ0) is 22.1. The molecule has 1 aliphatic rings. The largest absolute Gasteiger partial charge is 0.352 e. The van der Waals surface area contributed by atoms with E-state index in [9.17, 15) is 14.0 Å². The second-order valence-electron chi connectivity index (χ2n) is 8.10. The van der Waals surface area contributed by atoms with Crippen LogP contribution in [0.25, 0.3) is 0 Å². The van der Waals surface area contributed by atoms with Crippen molar-refractivity contribution in [3.8, 4) is 0 Å². The molecular weight excluding hydrogens is 411 g/mol. The lowest BCUT2D eigenvalue weighted by Gasteiger charge is -2.30. The highest BCUT2D eigenvalue weighted by molar-refractivity contribution is 7.98. The van der Waals surface area contributed by atoms with E-state index in [-0.39, 0.29) is 23.7 Å². The summed E-state index contributed by atoms with van der Waals surface area (Å²) in [6.07, 6.45) is 4.63. The van der Waals surface area contributed by atoms with Crippen molar-refractivity contribution in [3.05, 3.63) is 71.5 Å². The van der Waals surface area contributed by atoms with Crippen LogP contribution < -0.4 is 5.32 Å². The van der Waals surface area contributed by atoms with Crippen LogP contribution in [0.5, 0.6) is 0 Å². The zero-order valence-corrected chi connectivity index (χ0v) is 18.9. The molecule has 0 heterocycles. The molecule has 3 rings (SSSR count). The highest BCUT2D eigenvalue weighted by atomic mass is 32.2. The van der Waals surface area contributed by atoms with Gasteiger partial charge in [0.2, 0.25) is 11.8 Å². The molecule has 2 amide bonds. The number of benzene rings is 2. The highest BCUT2D eigenvalue weighted by Crippen LogP contribution is 2.19. The number of amides is 2. The summed E-state index contributed by atoms with van der Waals surface area (Å²) in [5.41, 5.74) is 2.04. The van der Waals surface area contributed by atoms with Gasteiger partial charge in [0.05, 0.1) is 0 Å². The van der Waals surface area contributed by atoms with Crippen LogP contribution in [0, 0.1) is 5.82 Å². The molecule has 1 saturated carbocycles. The minimum atomic E-state index is -0.572. The van der Waals surface area contributed by atoms with Gasteiger partial charge in [-0.1, -0.05) is 55.3 Å². The first-order chi connectivity index (χ1) is 15.0. The number of carbonyl (C=O) groups excluding carboxylic acids is 2. The Morgan fingerprint density at radius 3 is 2.42 bits per heavy atom. The molecule has 0 radical (unpaired) electrons. The molecule has 1 N–H and O–H groups in total. The first kappa shape index (κ1) is 23.3. The standard InChI is InChI=1S/C25H31FN2O2S/c1-19(25(30)27-23-9-5-6-10-23)28(17-20-11-13-22(26)14-12-20)24(29)15-16-31-18-21-7-3-2-4-8-21/h2-4,7-8,11-14,19,23H,5-6,9-10,15-18H2,1H3,(H,27,30)/t19-/m0/s1. The Kier molecular flexibility index (Phi) is 8.95. The van der Waals surface area contributed by atoms with Crippen molar-refractivity contribution >= 4 is 23.6 Å². The van der Waals surface area contributed by atoms with E-state index in [0.29, 0.717) is 18.7 Å². The van der Waals surface area contributed by atoms with Crippen LogP contribution >= 0.6 is 11.8 Å². The summed E-state index contributed by atoms with van der Waals surface area (Å²) in [5, 5.41) is 3.10. The predicted molar refractivity (Wildman–Crippen MR) is 124 cm³/mol. The van der Waals surface area contributed by atoms with Crippen molar-refractivity contribution in [2.75, 3.05) is 5.75 Å². The Balaban J connectivity index is 1.59. The fraction of sp³-hybridized carbons (Fsp3) is 0.440. The van der Waals surface area contributed by atoms with Crippen molar-refractivity contribution in [1.29, 1.82) is 0 Å². The van der Waals surface area contributed by atoms with Gasteiger partial charge in [-0.3, -0.25) is 9.59 Å². The van der Waals surface area contributed by atoms with Gasteiger partial charge in [0.25, 0.3) is 0 Å². The van der Waals surface area contributed by atoms with Crippen LogP contribution in [-0.4, -0.2) is 34.6 Å². The molecule has 2 aromatic rings. The molecule has 1 aliphatic carbocycles. The van der Waals surface area contributed by atoms with Gasteiger partial charge in [-0.2, -0.15) is 11.8 Å². The summed E-state index contributed by atoms with van der Waals surface area (Å²) in [5.74, 6) is 1.05. The van der Waals surface area contributed by atoms with Crippen LogP contribution in [0.3, 0.4) is 0 Å². The zero-order valence-electron chi connectivity index (χ0n) is 18.1. The topological polar surface area (TPSA) is 49.4 Å². The maximum atomic E-state index is 13.3. The second-order valence-corrected chi connectivity index (χ2v) is 9.21. The summed E-state index contributed by atoms with van der Waals surface area (Å²) in [6, 6.07) is 15.9. The monoisotopic (exact) mass is 442 g/mol. The van der Waals surface area contributed by atoms with Gasteiger partial charge in [-0.05, 0) is 43.0 Å². The van der Waals surface area contributed by atoms with E-state index in [4.69, 9.17) is 0 Å². The van der Waals surface area contributed by atoms with E-state index in [1.807, 2.05) is 18.2 Å². The van der Waals surface area contributed by atoms with Gasteiger partial charge in [-0.15, -0.1) is 0 Å². The van der Waals surface area contributed by atoms with Gasteiger partial charge < -0.3 is 10.2 Å². The minimum Gasteiger partial charge on any atom is -0.352 e. The van der Waals surface area contributed by atoms with Gasteiger partial charge >= 0.3 is 0 Å². The summed E-state index contributed by atoms with van der Waals surface area (Å²) in [6.45, 7) is 2.07. The number of carbonyl (C=O) groups is 2. The van der Waals surface area contributed by atoms with Gasteiger partial charge in [0.1, 0.15) is 11.9 Å². The SMILES string of the molecule is C[C@@H](C(=O)NC1CCCC1)N(Cc1ccc(F)cc1)C(=O)CCSCc1ccccc1. The molecule has 2 aromatic carbocycles. The number of hydrogen-bond acceptors (Lipinski definition) is 3. The van der Waals surface area contributed by atoms with E-state index in [0.717, 1.165) is 37.0 Å². The number of rotatable bonds is 10. The Bertz CT molecular complexity index is 838. The Labute approximate surface area is 188 Å². The molecule has 0 spiro atoms. The number of thioether (sulfide) groups is 1. The predicted octanol–water partition coefficient (Wildman–Crippen LogP) is 4.93. The quantitative estimate of drug-likeness (QED) is 0.531. The average molecular weight is 443 g/mol. The van der Waals surface area contributed by atoms with Crippen molar-refractivity contribution in [2.45, 2.75) is 63.4 Å². The van der Waals surface area contributed by atoms with Crippen LogP contribution in [0.15, 0.2) is 54.6 Å². The lowest BCUT2D eigenvalue weighted by atomic mass is 10.1. The molecular formula is C25H31FN2O2S. The maximum Gasteiger partial charge on any atom is 0.242 e. The van der Waals surface area contributed by atoms with Gasteiger partial charge in [0.15, 0.2) is 0 Å². The first-order valence-electron chi connectivity index (χ1n) is 11.0. The number of halogens is 1. The van der Waals surface area contributed by atoms with Crippen LogP contribution in [-0.2, 0) is 21.9 Å². The van der Waals surface area contributed by atoms with E-state index < -0.39 is 6.04 Å². The number of nitrogens with one attached hydrogen (secondary N) is 1. The van der Waals surface area contributed by atoms with Crippen molar-refractivity contribution < 1.29 is 14.0 Å². The molecule has 6 heteroatoms. The van der Waals surface area contributed by atoms with E-state index >= 15 is 0 Å². The third-order valence-electron chi connectivity index (χ3n) is 5.71. The molecule has 0 bridgehead atoms. The number of nitrogens with zero attached hydrogens (tertiary/aromatic N) is 1. The second kappa shape index (κ2) is 11.9. The fourth-order valence-electron chi connectivity index (χ4n) is 3.83. The van der Waals surface area contributed by atoms with Crippen molar-refractivity contribution in [2.24, 2.45) is 0 Å². The minimum absolute atomic E-state index is 0.0565. The van der Waals surface area contributed by atoms with Crippen molar-refractivity contribution in [3.63, 3.8) is 0 Å². The van der Waals surface area contributed by atoms with E-state index in [1.165, 1.54) is 17.7 Å². The summed E-state index contributed by atoms with van der Waals surface area (Å²) in [4.78, 5) is 27.5. The molecule has 0 aromatic heterocycles. The van der Waals surface area contributed by atoms with Crippen LogP contribution in [0.1, 0.15) is 50.2 Å². The lowest BCUT2D eigenvalue weighted by Crippen LogP contribution is -2.49. The van der Waals surface area contributed by atoms with E-state index in [2.05, 4.69) is 17.4 Å². The Morgan fingerprint density at radius 2 is 1.74 bits per heavy atom. The molecule has 166 valence electrons. The molecule has 1 atom stereocenters. The molecule has 1 fully saturated rings.